The van der Waals surface area contributed by atoms with Gasteiger partial charge in [0.05, 0.1) is 13.2 Å². The Morgan fingerprint density at radius 1 is 0.783 bits per heavy atom. The first-order valence-electron chi connectivity index (χ1n) is 7.25. The zero-order valence-corrected chi connectivity index (χ0v) is 13.6. The molecule has 6 heteroatoms. The van der Waals surface area contributed by atoms with Crippen LogP contribution in [0, 0.1) is 0 Å². The van der Waals surface area contributed by atoms with Crippen LogP contribution in [0.15, 0.2) is 48.5 Å². The fourth-order valence-corrected chi connectivity index (χ4v) is 2.13. The van der Waals surface area contributed by atoms with Gasteiger partial charge in [-0.1, -0.05) is 0 Å². The molecule has 0 bridgehead atoms. The predicted molar refractivity (Wildman–Crippen MR) is 104 cm³/mol. The van der Waals surface area contributed by atoms with E-state index in [4.69, 9.17) is 21.7 Å². The summed E-state index contributed by atoms with van der Waals surface area (Å²) in [6.45, 7) is 5.24. The van der Waals surface area contributed by atoms with E-state index in [2.05, 4.69) is 10.6 Å². The van der Waals surface area contributed by atoms with Crippen molar-refractivity contribution >= 4 is 77.6 Å². The first-order chi connectivity index (χ1) is 10.7. The summed E-state index contributed by atoms with van der Waals surface area (Å²) in [6, 6.07) is 15.3. The van der Waals surface area contributed by atoms with Crippen molar-refractivity contribution < 1.29 is 9.47 Å². The topological polar surface area (TPSA) is 42.5 Å². The molecule has 0 aliphatic heterocycles. The summed E-state index contributed by atoms with van der Waals surface area (Å²) < 4.78 is 10.8. The molecule has 0 fully saturated rings. The number of benzene rings is 2. The van der Waals surface area contributed by atoms with Gasteiger partial charge >= 0.3 is 48.9 Å². The molecule has 2 aromatic rings. The minimum absolute atomic E-state index is 0. The summed E-state index contributed by atoms with van der Waals surface area (Å²) in [5.41, 5.74) is 1.82. The van der Waals surface area contributed by atoms with E-state index in [1.807, 2.05) is 62.4 Å². The van der Waals surface area contributed by atoms with Gasteiger partial charge in [0.25, 0.3) is 0 Å². The average Bonchev–Trinajstić information content (AvgIpc) is 2.52. The van der Waals surface area contributed by atoms with Gasteiger partial charge in [-0.25, -0.2) is 0 Å². The molecule has 0 amide bonds. The molecule has 2 rings (SSSR count). The predicted octanol–water partition coefficient (Wildman–Crippen LogP) is 3.38. The zero-order chi connectivity index (χ0) is 15.8. The second-order valence-corrected chi connectivity index (χ2v) is 4.90. The van der Waals surface area contributed by atoms with Gasteiger partial charge in [-0.05, 0) is 74.6 Å². The molecule has 0 spiro atoms. The number of rotatable bonds is 6. The third kappa shape index (κ3) is 7.16. The van der Waals surface area contributed by atoms with Crippen LogP contribution in [0.3, 0.4) is 0 Å². The Morgan fingerprint density at radius 2 is 1.13 bits per heavy atom. The van der Waals surface area contributed by atoms with E-state index in [-0.39, 0.29) is 48.9 Å². The Hall–Kier alpha value is -0.699. The minimum atomic E-state index is 0. The molecule has 0 heterocycles. The van der Waals surface area contributed by atoms with Crippen molar-refractivity contribution in [3.05, 3.63) is 48.5 Å². The number of ether oxygens (including phenoxy) is 2. The summed E-state index contributed by atoms with van der Waals surface area (Å²) in [5.74, 6) is 1.69. The van der Waals surface area contributed by atoms with Gasteiger partial charge in [0.2, 0.25) is 0 Å². The summed E-state index contributed by atoms with van der Waals surface area (Å²) in [5, 5.41) is 6.80. The zero-order valence-electron chi connectivity index (χ0n) is 12.8. The summed E-state index contributed by atoms with van der Waals surface area (Å²) in [7, 11) is 0. The molecule has 2 aromatic carbocycles. The van der Waals surface area contributed by atoms with Crippen LogP contribution in [-0.4, -0.2) is 67.2 Å². The third-order valence-electron chi connectivity index (χ3n) is 2.85. The Morgan fingerprint density at radius 3 is 1.43 bits per heavy atom. The van der Waals surface area contributed by atoms with Crippen LogP contribution >= 0.6 is 12.2 Å². The molecule has 23 heavy (non-hydrogen) atoms. The van der Waals surface area contributed by atoms with E-state index < -0.39 is 0 Å². The first kappa shape index (κ1) is 20.3. The van der Waals surface area contributed by atoms with E-state index in [0.29, 0.717) is 18.3 Å². The van der Waals surface area contributed by atoms with Crippen molar-refractivity contribution in [2.24, 2.45) is 0 Å². The molecule has 0 radical (unpaired) electrons. The van der Waals surface area contributed by atoms with Gasteiger partial charge in [-0.2, -0.15) is 0 Å². The third-order valence-corrected chi connectivity index (χ3v) is 3.05. The van der Waals surface area contributed by atoms with E-state index in [1.165, 1.54) is 0 Å². The van der Waals surface area contributed by atoms with Crippen molar-refractivity contribution in [3.8, 4) is 11.5 Å². The van der Waals surface area contributed by atoms with Gasteiger partial charge in [0.15, 0.2) is 5.11 Å². The van der Waals surface area contributed by atoms with Crippen molar-refractivity contribution in [1.29, 1.82) is 0 Å². The van der Waals surface area contributed by atoms with Crippen LogP contribution in [0.2, 0.25) is 0 Å². The Balaban J connectivity index is 0.00000264. The summed E-state index contributed by atoms with van der Waals surface area (Å²) in [4.78, 5) is 0. The molecule has 0 aliphatic carbocycles. The van der Waals surface area contributed by atoms with Gasteiger partial charge in [-0.3, -0.25) is 0 Å². The molecular formula is C17H22BaN2O2S. The molecule has 0 aliphatic rings. The van der Waals surface area contributed by atoms with Crippen molar-refractivity contribution in [2.75, 3.05) is 23.8 Å². The van der Waals surface area contributed by atoms with Gasteiger partial charge in [-0.15, -0.1) is 0 Å². The van der Waals surface area contributed by atoms with Crippen molar-refractivity contribution in [1.82, 2.24) is 0 Å². The van der Waals surface area contributed by atoms with Gasteiger partial charge < -0.3 is 20.1 Å². The number of hydrogen-bond acceptors (Lipinski definition) is 3. The second-order valence-electron chi connectivity index (χ2n) is 4.49. The number of thiocarbonyl (C=S) groups is 1. The normalized spacial score (nSPS) is 9.48. The fourth-order valence-electron chi connectivity index (χ4n) is 1.90. The number of nitrogens with one attached hydrogen (secondary N) is 2. The molecule has 0 saturated carbocycles. The van der Waals surface area contributed by atoms with Crippen molar-refractivity contribution in [2.45, 2.75) is 13.8 Å². The molecule has 0 saturated heterocycles. The van der Waals surface area contributed by atoms with Crippen molar-refractivity contribution in [3.63, 3.8) is 0 Å². The monoisotopic (exact) mass is 456 g/mol. The van der Waals surface area contributed by atoms with E-state index in [1.54, 1.807) is 0 Å². The Bertz CT molecular complexity index is 549. The van der Waals surface area contributed by atoms with E-state index in [9.17, 15) is 0 Å². The Kier molecular flexibility index (Phi) is 9.70. The van der Waals surface area contributed by atoms with Crippen LogP contribution in [0.5, 0.6) is 11.5 Å². The maximum atomic E-state index is 5.40. The second kappa shape index (κ2) is 11.0. The average molecular weight is 456 g/mol. The summed E-state index contributed by atoms with van der Waals surface area (Å²) in [6.07, 6.45) is 0. The SMILES string of the molecule is CCOc1ccc(NC(=S)Nc2ccc(OCC)cc2)cc1.[BaH2]. The summed E-state index contributed by atoms with van der Waals surface area (Å²) >= 11 is 5.30. The van der Waals surface area contributed by atoms with E-state index in [0.717, 1.165) is 22.9 Å². The molecule has 0 aromatic heterocycles. The number of hydrogen-bond donors (Lipinski definition) is 2. The maximum absolute atomic E-state index is 5.40. The van der Waals surface area contributed by atoms with Gasteiger partial charge in [0, 0.05) is 11.4 Å². The molecule has 120 valence electrons. The molecular weight excluding hydrogens is 434 g/mol. The van der Waals surface area contributed by atoms with E-state index >= 15 is 0 Å². The van der Waals surface area contributed by atoms with Crippen LogP contribution in [-0.2, 0) is 0 Å². The molecule has 0 unspecified atom stereocenters. The van der Waals surface area contributed by atoms with Gasteiger partial charge in [0.1, 0.15) is 11.5 Å². The number of anilines is 2. The standard InChI is InChI=1S/C17H20N2O2S.Ba.2H/c1-3-20-15-9-5-13(6-10-15)18-17(22)19-14-7-11-16(12-8-14)21-4-2;;;/h5-12H,3-4H2,1-2H3,(H2,18,19,22);;;. The van der Waals surface area contributed by atoms with Crippen LogP contribution in [0.25, 0.3) is 0 Å². The Labute approximate surface area is 183 Å². The fraction of sp³-hybridized carbons (Fsp3) is 0.235. The quantitative estimate of drug-likeness (QED) is 0.516. The molecule has 0 atom stereocenters. The van der Waals surface area contributed by atoms with Crippen LogP contribution < -0.4 is 20.1 Å². The molecule has 4 nitrogen and oxygen atoms in total. The van der Waals surface area contributed by atoms with Crippen LogP contribution in [0.1, 0.15) is 13.8 Å². The first-order valence-corrected chi connectivity index (χ1v) is 7.65. The molecule has 2 N–H and O–H groups in total. The van der Waals surface area contributed by atoms with Crippen LogP contribution in [0.4, 0.5) is 11.4 Å².